The molecule has 0 saturated heterocycles. The summed E-state index contributed by atoms with van der Waals surface area (Å²) < 4.78 is 13.9. The zero-order valence-corrected chi connectivity index (χ0v) is 11.6. The normalized spacial score (nSPS) is 14.0. The molecule has 0 aromatic heterocycles. The highest BCUT2D eigenvalue weighted by Gasteiger charge is 2.32. The predicted octanol–water partition coefficient (Wildman–Crippen LogP) is 2.57. The average molecular weight is 273 g/mol. The second-order valence-electron chi connectivity index (χ2n) is 5.23. The molecule has 2 nitrogen and oxygen atoms in total. The van der Waals surface area contributed by atoms with Gasteiger partial charge in [-0.25, -0.2) is 4.39 Å². The van der Waals surface area contributed by atoms with Crippen LogP contribution < -0.4 is 5.73 Å². The first-order valence-corrected chi connectivity index (χ1v) is 6.73. The third-order valence-electron chi connectivity index (χ3n) is 3.90. The summed E-state index contributed by atoms with van der Waals surface area (Å²) in [5, 5.41) is 9.90. The molecule has 0 saturated carbocycles. The summed E-state index contributed by atoms with van der Waals surface area (Å²) in [5.41, 5.74) is 7.91. The molecular formula is C17H20FNO. The predicted molar refractivity (Wildman–Crippen MR) is 79.1 cm³/mol. The lowest BCUT2D eigenvalue weighted by molar-refractivity contribution is 0.194. The Hall–Kier alpha value is -1.71. The van der Waals surface area contributed by atoms with Crippen molar-refractivity contribution in [1.29, 1.82) is 0 Å². The first-order chi connectivity index (χ1) is 9.63. The van der Waals surface area contributed by atoms with E-state index < -0.39 is 5.41 Å². The number of aliphatic hydroxyl groups excluding tert-OH is 1. The standard InChI is InChI=1S/C17H20FNO/c1-13-6-2-4-8-15(13)17(11-19,12-20)10-14-7-3-5-9-16(14)18/h2-9,20H,10-12,19H2,1H3. The molecule has 106 valence electrons. The van der Waals surface area contributed by atoms with Gasteiger partial charge in [0, 0.05) is 12.0 Å². The van der Waals surface area contributed by atoms with Crippen LogP contribution in [0.1, 0.15) is 16.7 Å². The van der Waals surface area contributed by atoms with E-state index in [4.69, 9.17) is 5.73 Å². The van der Waals surface area contributed by atoms with Crippen molar-refractivity contribution in [3.05, 3.63) is 71.0 Å². The maximum Gasteiger partial charge on any atom is 0.126 e. The summed E-state index contributed by atoms with van der Waals surface area (Å²) in [4.78, 5) is 0. The Morgan fingerprint density at radius 3 is 2.35 bits per heavy atom. The molecule has 3 N–H and O–H groups in total. The molecule has 2 aromatic carbocycles. The van der Waals surface area contributed by atoms with Crippen molar-refractivity contribution in [2.45, 2.75) is 18.8 Å². The van der Waals surface area contributed by atoms with Gasteiger partial charge in [-0.3, -0.25) is 0 Å². The number of rotatable bonds is 5. The van der Waals surface area contributed by atoms with Gasteiger partial charge in [-0.2, -0.15) is 0 Å². The Morgan fingerprint density at radius 2 is 1.75 bits per heavy atom. The van der Waals surface area contributed by atoms with Crippen LogP contribution in [0.5, 0.6) is 0 Å². The third-order valence-corrected chi connectivity index (χ3v) is 3.90. The van der Waals surface area contributed by atoms with E-state index in [1.54, 1.807) is 18.2 Å². The summed E-state index contributed by atoms with van der Waals surface area (Å²) in [6, 6.07) is 14.4. The van der Waals surface area contributed by atoms with Crippen LogP contribution >= 0.6 is 0 Å². The van der Waals surface area contributed by atoms with Crippen LogP contribution in [0.2, 0.25) is 0 Å². The number of aryl methyl sites for hydroxylation is 1. The molecule has 0 radical (unpaired) electrons. The van der Waals surface area contributed by atoms with E-state index >= 15 is 0 Å². The van der Waals surface area contributed by atoms with E-state index in [-0.39, 0.29) is 19.0 Å². The van der Waals surface area contributed by atoms with E-state index in [9.17, 15) is 9.50 Å². The highest BCUT2D eigenvalue weighted by atomic mass is 19.1. The molecule has 1 unspecified atom stereocenters. The second kappa shape index (κ2) is 6.16. The first-order valence-electron chi connectivity index (χ1n) is 6.73. The van der Waals surface area contributed by atoms with Gasteiger partial charge in [0.25, 0.3) is 0 Å². The van der Waals surface area contributed by atoms with Gasteiger partial charge in [0.2, 0.25) is 0 Å². The van der Waals surface area contributed by atoms with E-state index in [1.807, 2.05) is 31.2 Å². The smallest absolute Gasteiger partial charge is 0.126 e. The minimum atomic E-state index is -0.645. The van der Waals surface area contributed by atoms with Crippen LogP contribution in [0.25, 0.3) is 0 Å². The molecule has 0 bridgehead atoms. The van der Waals surface area contributed by atoms with Gasteiger partial charge in [0.05, 0.1) is 6.61 Å². The fourth-order valence-electron chi connectivity index (χ4n) is 2.66. The molecule has 0 aliphatic carbocycles. The molecule has 0 amide bonds. The topological polar surface area (TPSA) is 46.2 Å². The molecule has 20 heavy (non-hydrogen) atoms. The van der Waals surface area contributed by atoms with E-state index in [0.717, 1.165) is 11.1 Å². The number of benzene rings is 2. The Labute approximate surface area is 119 Å². The number of hydrogen-bond donors (Lipinski definition) is 2. The van der Waals surface area contributed by atoms with Crippen molar-refractivity contribution in [2.75, 3.05) is 13.2 Å². The van der Waals surface area contributed by atoms with Gasteiger partial charge in [0.15, 0.2) is 0 Å². The minimum absolute atomic E-state index is 0.108. The lowest BCUT2D eigenvalue weighted by Gasteiger charge is -2.33. The van der Waals surface area contributed by atoms with Crippen molar-refractivity contribution in [1.82, 2.24) is 0 Å². The van der Waals surface area contributed by atoms with Crippen molar-refractivity contribution in [3.8, 4) is 0 Å². The first kappa shape index (κ1) is 14.7. The maximum absolute atomic E-state index is 13.9. The minimum Gasteiger partial charge on any atom is -0.395 e. The zero-order chi connectivity index (χ0) is 14.6. The molecule has 0 heterocycles. The third kappa shape index (κ3) is 2.74. The molecule has 0 aliphatic heterocycles. The van der Waals surface area contributed by atoms with E-state index in [0.29, 0.717) is 12.0 Å². The van der Waals surface area contributed by atoms with Gasteiger partial charge in [-0.05, 0) is 36.1 Å². The summed E-state index contributed by atoms with van der Waals surface area (Å²) in [5.74, 6) is -0.257. The fourth-order valence-corrected chi connectivity index (χ4v) is 2.66. The second-order valence-corrected chi connectivity index (χ2v) is 5.23. The van der Waals surface area contributed by atoms with Crippen LogP contribution in [0.3, 0.4) is 0 Å². The number of hydrogen-bond acceptors (Lipinski definition) is 2. The number of halogens is 1. The molecule has 1 atom stereocenters. The Kier molecular flexibility index (Phi) is 4.53. The van der Waals surface area contributed by atoms with E-state index in [1.165, 1.54) is 6.07 Å². The maximum atomic E-state index is 13.9. The monoisotopic (exact) mass is 273 g/mol. The highest BCUT2D eigenvalue weighted by molar-refractivity contribution is 5.36. The van der Waals surface area contributed by atoms with Gasteiger partial charge in [0.1, 0.15) is 5.82 Å². The Balaban J connectivity index is 2.46. The molecule has 3 heteroatoms. The molecule has 0 aliphatic rings. The summed E-state index contributed by atoms with van der Waals surface area (Å²) in [7, 11) is 0. The largest absolute Gasteiger partial charge is 0.395 e. The van der Waals surface area contributed by atoms with Gasteiger partial charge >= 0.3 is 0 Å². The van der Waals surface area contributed by atoms with Crippen LogP contribution in [0.15, 0.2) is 48.5 Å². The van der Waals surface area contributed by atoms with Crippen molar-refractivity contribution in [3.63, 3.8) is 0 Å². The fraction of sp³-hybridized carbons (Fsp3) is 0.294. The summed E-state index contributed by atoms with van der Waals surface area (Å²) in [6.45, 7) is 2.14. The highest BCUT2D eigenvalue weighted by Crippen LogP contribution is 2.30. The van der Waals surface area contributed by atoms with Gasteiger partial charge in [-0.1, -0.05) is 42.5 Å². The molecule has 0 fully saturated rings. The lowest BCUT2D eigenvalue weighted by Crippen LogP contribution is -2.41. The van der Waals surface area contributed by atoms with Crippen molar-refractivity contribution >= 4 is 0 Å². The van der Waals surface area contributed by atoms with Crippen LogP contribution in [-0.4, -0.2) is 18.3 Å². The molecule has 2 rings (SSSR count). The van der Waals surface area contributed by atoms with Crippen molar-refractivity contribution in [2.24, 2.45) is 5.73 Å². The Morgan fingerprint density at radius 1 is 1.10 bits per heavy atom. The molecule has 2 aromatic rings. The van der Waals surface area contributed by atoms with Gasteiger partial charge < -0.3 is 10.8 Å². The van der Waals surface area contributed by atoms with Crippen LogP contribution in [-0.2, 0) is 11.8 Å². The zero-order valence-electron chi connectivity index (χ0n) is 11.6. The summed E-state index contributed by atoms with van der Waals surface area (Å²) >= 11 is 0. The van der Waals surface area contributed by atoms with Crippen LogP contribution in [0, 0.1) is 12.7 Å². The SMILES string of the molecule is Cc1ccccc1C(CN)(CO)Cc1ccccc1F. The summed E-state index contributed by atoms with van der Waals surface area (Å²) in [6.07, 6.45) is 0.386. The van der Waals surface area contributed by atoms with Crippen LogP contribution in [0.4, 0.5) is 4.39 Å². The van der Waals surface area contributed by atoms with E-state index in [2.05, 4.69) is 0 Å². The number of nitrogens with two attached hydrogens (primary N) is 1. The lowest BCUT2D eigenvalue weighted by atomic mass is 9.74. The van der Waals surface area contributed by atoms with Gasteiger partial charge in [-0.15, -0.1) is 0 Å². The molecular weight excluding hydrogens is 253 g/mol. The molecule has 0 spiro atoms. The Bertz CT molecular complexity index is 579. The average Bonchev–Trinajstić information content (AvgIpc) is 2.48. The van der Waals surface area contributed by atoms with Crippen molar-refractivity contribution < 1.29 is 9.50 Å². The quantitative estimate of drug-likeness (QED) is 0.879. The number of aliphatic hydroxyl groups is 1.